The van der Waals surface area contributed by atoms with E-state index in [1.165, 1.54) is 25.7 Å². The van der Waals surface area contributed by atoms with Crippen LogP contribution in [0.25, 0.3) is 17.0 Å². The van der Waals surface area contributed by atoms with Gasteiger partial charge in [-0.2, -0.15) is 0 Å². The Bertz CT molecular complexity index is 1090. The van der Waals surface area contributed by atoms with Gasteiger partial charge in [0.25, 0.3) is 0 Å². The lowest BCUT2D eigenvalue weighted by Crippen LogP contribution is -2.00. The summed E-state index contributed by atoms with van der Waals surface area (Å²) in [6.45, 7) is 9.40. The van der Waals surface area contributed by atoms with E-state index >= 15 is 0 Å². The van der Waals surface area contributed by atoms with Crippen LogP contribution in [-0.4, -0.2) is 23.8 Å². The van der Waals surface area contributed by atoms with Gasteiger partial charge in [0.2, 0.25) is 0 Å². The van der Waals surface area contributed by atoms with Crippen LogP contribution in [0.1, 0.15) is 53.5 Å². The minimum atomic E-state index is -0.362. The Morgan fingerprint density at radius 1 is 1.07 bits per heavy atom. The molecule has 1 heterocycles. The minimum Gasteiger partial charge on any atom is -0.465 e. The molecular weight excluding hydrogens is 381 g/mol. The molecule has 2 aromatic carbocycles. The quantitative estimate of drug-likeness (QED) is 0.428. The summed E-state index contributed by atoms with van der Waals surface area (Å²) in [5.74, 6) is -0.482. The lowest BCUT2D eigenvalue weighted by atomic mass is 10.0. The van der Waals surface area contributed by atoms with E-state index in [1.54, 1.807) is 37.3 Å². The molecule has 0 radical (unpaired) electrons. The number of aromatic nitrogens is 1. The molecule has 5 heteroatoms. The minimum absolute atomic E-state index is 0.0389. The standard InChI is InChI=1S/C13H14O3.C12H14FN/c1-9(10(2)14)8-11-4-6-12(7-5-11)13(15)16-3;1-4-9-8(3)14-12-10(13)6-5-7(2)11(9)12/h4-8H,1-3H3;5-6,14H,4H2,1-3H3/b9-8+;. The topological polar surface area (TPSA) is 59.2 Å². The molecule has 0 spiro atoms. The average molecular weight is 410 g/mol. The van der Waals surface area contributed by atoms with Crippen LogP contribution >= 0.6 is 0 Å². The third-order valence-electron chi connectivity index (χ3n) is 5.05. The number of rotatable bonds is 4. The Labute approximate surface area is 176 Å². The maximum atomic E-state index is 13.5. The van der Waals surface area contributed by atoms with Crippen molar-refractivity contribution in [2.45, 2.75) is 41.0 Å². The van der Waals surface area contributed by atoms with Gasteiger partial charge < -0.3 is 9.72 Å². The van der Waals surface area contributed by atoms with E-state index in [0.717, 1.165) is 28.6 Å². The zero-order valence-corrected chi connectivity index (χ0v) is 18.4. The molecule has 1 aromatic heterocycles. The average Bonchev–Trinajstić information content (AvgIpc) is 3.08. The van der Waals surface area contributed by atoms with Crippen molar-refractivity contribution in [3.8, 4) is 0 Å². The van der Waals surface area contributed by atoms with E-state index in [1.807, 2.05) is 19.9 Å². The molecule has 0 bridgehead atoms. The number of benzene rings is 2. The highest BCUT2D eigenvalue weighted by Gasteiger charge is 2.11. The fourth-order valence-electron chi connectivity index (χ4n) is 3.27. The van der Waals surface area contributed by atoms with Crippen LogP contribution in [-0.2, 0) is 16.0 Å². The van der Waals surface area contributed by atoms with E-state index in [-0.39, 0.29) is 17.6 Å². The number of ether oxygens (including phenoxy) is 1. The number of hydrogen-bond donors (Lipinski definition) is 1. The number of esters is 1. The Balaban J connectivity index is 0.000000215. The first kappa shape index (κ1) is 23.1. The molecule has 30 heavy (non-hydrogen) atoms. The summed E-state index contributed by atoms with van der Waals surface area (Å²) >= 11 is 0. The summed E-state index contributed by atoms with van der Waals surface area (Å²) < 4.78 is 18.1. The summed E-state index contributed by atoms with van der Waals surface area (Å²) in [5, 5.41) is 1.06. The van der Waals surface area contributed by atoms with Crippen LogP contribution in [0, 0.1) is 19.7 Å². The van der Waals surface area contributed by atoms with Gasteiger partial charge in [-0.25, -0.2) is 9.18 Å². The number of carbonyl (C=O) groups is 2. The summed E-state index contributed by atoms with van der Waals surface area (Å²) in [6, 6.07) is 10.3. The van der Waals surface area contributed by atoms with E-state index < -0.39 is 0 Å². The third-order valence-corrected chi connectivity index (χ3v) is 5.05. The van der Waals surface area contributed by atoms with Gasteiger partial charge >= 0.3 is 5.97 Å². The summed E-state index contributed by atoms with van der Waals surface area (Å²) in [7, 11) is 1.34. The number of aromatic amines is 1. The van der Waals surface area contributed by atoms with Crippen LogP contribution in [0.4, 0.5) is 4.39 Å². The summed E-state index contributed by atoms with van der Waals surface area (Å²) in [6.07, 6.45) is 2.72. The zero-order chi connectivity index (χ0) is 22.4. The first-order valence-corrected chi connectivity index (χ1v) is 9.83. The number of allylic oxidation sites excluding steroid dienone is 1. The molecule has 0 aliphatic carbocycles. The van der Waals surface area contributed by atoms with E-state index in [4.69, 9.17) is 0 Å². The molecule has 0 saturated heterocycles. The van der Waals surface area contributed by atoms with Crippen LogP contribution in [0.15, 0.2) is 42.0 Å². The number of nitrogens with one attached hydrogen (secondary N) is 1. The van der Waals surface area contributed by atoms with Crippen LogP contribution in [0.2, 0.25) is 0 Å². The van der Waals surface area contributed by atoms with E-state index in [0.29, 0.717) is 16.7 Å². The van der Waals surface area contributed by atoms with Gasteiger partial charge in [0, 0.05) is 11.1 Å². The van der Waals surface area contributed by atoms with E-state index in [2.05, 4.69) is 16.6 Å². The molecule has 0 saturated carbocycles. The molecular formula is C25H28FNO3. The van der Waals surface area contributed by atoms with Crippen LogP contribution in [0.5, 0.6) is 0 Å². The summed E-state index contributed by atoms with van der Waals surface area (Å²) in [5.41, 5.74) is 6.18. The molecule has 0 amide bonds. The molecule has 0 fully saturated rings. The summed E-state index contributed by atoms with van der Waals surface area (Å²) in [4.78, 5) is 25.3. The maximum Gasteiger partial charge on any atom is 0.337 e. The van der Waals surface area contributed by atoms with Crippen molar-refractivity contribution in [1.82, 2.24) is 4.98 Å². The van der Waals surface area contributed by atoms with Crippen molar-refractivity contribution in [2.24, 2.45) is 0 Å². The zero-order valence-electron chi connectivity index (χ0n) is 18.4. The molecule has 3 aromatic rings. The number of fused-ring (bicyclic) bond motifs is 1. The number of ketones is 1. The number of halogens is 1. The van der Waals surface area contributed by atoms with Gasteiger partial charge in [0.1, 0.15) is 5.82 Å². The van der Waals surface area contributed by atoms with Gasteiger partial charge in [0.15, 0.2) is 5.78 Å². The van der Waals surface area contributed by atoms with Gasteiger partial charge in [-0.15, -0.1) is 0 Å². The molecule has 0 unspecified atom stereocenters. The number of aryl methyl sites for hydroxylation is 3. The van der Waals surface area contributed by atoms with Crippen LogP contribution < -0.4 is 0 Å². The van der Waals surface area contributed by atoms with Crippen molar-refractivity contribution in [2.75, 3.05) is 7.11 Å². The number of hydrogen-bond acceptors (Lipinski definition) is 3. The smallest absolute Gasteiger partial charge is 0.337 e. The number of H-pyrrole nitrogens is 1. The second-order valence-corrected chi connectivity index (χ2v) is 7.19. The van der Waals surface area contributed by atoms with Crippen molar-refractivity contribution in [1.29, 1.82) is 0 Å². The Hall–Kier alpha value is -3.21. The largest absolute Gasteiger partial charge is 0.465 e. The fourth-order valence-corrected chi connectivity index (χ4v) is 3.27. The van der Waals surface area contributed by atoms with Gasteiger partial charge in [-0.3, -0.25) is 4.79 Å². The molecule has 3 rings (SSSR count). The SMILES string of the molecule is CCc1c(C)[nH]c2c(F)ccc(C)c12.COC(=O)c1ccc(/C=C(\C)C(C)=O)cc1. The van der Waals surface area contributed by atoms with Crippen molar-refractivity contribution < 1.29 is 18.7 Å². The normalized spacial score (nSPS) is 11.1. The van der Waals surface area contributed by atoms with Crippen molar-refractivity contribution in [3.63, 3.8) is 0 Å². The van der Waals surface area contributed by atoms with Crippen molar-refractivity contribution in [3.05, 3.63) is 75.7 Å². The highest BCUT2D eigenvalue weighted by molar-refractivity contribution is 5.97. The highest BCUT2D eigenvalue weighted by atomic mass is 19.1. The Morgan fingerprint density at radius 2 is 1.70 bits per heavy atom. The predicted molar refractivity (Wildman–Crippen MR) is 119 cm³/mol. The van der Waals surface area contributed by atoms with Crippen LogP contribution in [0.3, 0.4) is 0 Å². The Morgan fingerprint density at radius 3 is 2.23 bits per heavy atom. The number of carbonyl (C=O) groups excluding carboxylic acids is 2. The predicted octanol–water partition coefficient (Wildman–Crippen LogP) is 5.95. The molecule has 0 aliphatic heterocycles. The molecule has 4 nitrogen and oxygen atoms in total. The van der Waals surface area contributed by atoms with Gasteiger partial charge in [-0.05, 0) is 80.7 Å². The number of Topliss-reactive ketones (excluding diaryl/α,β-unsaturated/α-hetero) is 1. The molecule has 0 aliphatic rings. The van der Waals surface area contributed by atoms with Crippen molar-refractivity contribution >= 4 is 28.7 Å². The van der Waals surface area contributed by atoms with E-state index in [9.17, 15) is 14.0 Å². The number of methoxy groups -OCH3 is 1. The highest BCUT2D eigenvalue weighted by Crippen LogP contribution is 2.27. The first-order valence-electron chi connectivity index (χ1n) is 9.83. The second-order valence-electron chi connectivity index (χ2n) is 7.19. The lowest BCUT2D eigenvalue weighted by Gasteiger charge is -2.00. The van der Waals surface area contributed by atoms with Gasteiger partial charge in [-0.1, -0.05) is 25.1 Å². The lowest BCUT2D eigenvalue weighted by molar-refractivity contribution is -0.113. The fraction of sp³-hybridized carbons (Fsp3) is 0.280. The molecule has 0 atom stereocenters. The third kappa shape index (κ3) is 5.23. The molecule has 1 N–H and O–H groups in total. The Kier molecular flexibility index (Phi) is 7.70. The monoisotopic (exact) mass is 409 g/mol. The second kappa shape index (κ2) is 10.0. The first-order chi connectivity index (χ1) is 14.2. The maximum absolute atomic E-state index is 13.5. The molecule has 158 valence electrons. The van der Waals surface area contributed by atoms with Gasteiger partial charge in [0.05, 0.1) is 18.2 Å².